The molecule has 1 atom stereocenters. The number of hydrogen-bond acceptors (Lipinski definition) is 3. The topological polar surface area (TPSA) is 71.6 Å². The van der Waals surface area contributed by atoms with Crippen molar-refractivity contribution in [1.29, 1.82) is 0 Å². The SMILES string of the molecule is CC.CC=[N-].CNC([C-]=O)Cc1ccc(O)cc1.[Mn+2]. The summed E-state index contributed by atoms with van der Waals surface area (Å²) in [6.45, 7) is 5.56. The van der Waals surface area contributed by atoms with Crippen LogP contribution in [0, 0.1) is 0 Å². The van der Waals surface area contributed by atoms with E-state index in [-0.39, 0.29) is 28.9 Å². The van der Waals surface area contributed by atoms with Gasteiger partial charge in [-0.15, -0.1) is 0 Å². The van der Waals surface area contributed by atoms with Crippen LogP contribution in [0.25, 0.3) is 5.41 Å². The Morgan fingerprint density at radius 3 is 2.11 bits per heavy atom. The van der Waals surface area contributed by atoms with E-state index in [0.29, 0.717) is 6.42 Å². The number of carbonyl (C=O) groups excluding carboxylic acids is 1. The molecular formula is C14H22MnN2O2. The first-order valence-electron chi connectivity index (χ1n) is 5.92. The molecule has 5 heteroatoms. The molecule has 1 aromatic rings. The van der Waals surface area contributed by atoms with Gasteiger partial charge in [0.2, 0.25) is 0 Å². The van der Waals surface area contributed by atoms with Gasteiger partial charge in [-0.2, -0.15) is 0 Å². The molecule has 0 saturated carbocycles. The largest absolute Gasteiger partial charge is 2.00 e. The summed E-state index contributed by atoms with van der Waals surface area (Å²) in [5, 5.41) is 19.3. The van der Waals surface area contributed by atoms with E-state index in [1.165, 1.54) is 0 Å². The molecule has 1 aromatic carbocycles. The van der Waals surface area contributed by atoms with E-state index in [4.69, 9.17) is 10.5 Å². The maximum Gasteiger partial charge on any atom is 2.00 e. The Hall–Kier alpha value is -1.16. The second-order valence-electron chi connectivity index (χ2n) is 3.09. The molecule has 107 valence electrons. The van der Waals surface area contributed by atoms with Gasteiger partial charge in [0.15, 0.2) is 0 Å². The number of nitrogens with one attached hydrogen (secondary N) is 1. The maximum absolute atomic E-state index is 10.4. The van der Waals surface area contributed by atoms with Crippen LogP contribution in [0.3, 0.4) is 0 Å². The van der Waals surface area contributed by atoms with Gasteiger partial charge >= 0.3 is 17.1 Å². The van der Waals surface area contributed by atoms with Crippen molar-refractivity contribution in [3.05, 3.63) is 35.2 Å². The molecule has 19 heavy (non-hydrogen) atoms. The summed E-state index contributed by atoms with van der Waals surface area (Å²) in [7, 11) is 1.72. The summed E-state index contributed by atoms with van der Waals surface area (Å²) in [6.07, 6.45) is 3.49. The van der Waals surface area contributed by atoms with Gasteiger partial charge in [-0.05, 0) is 31.2 Å². The van der Waals surface area contributed by atoms with Crippen LogP contribution in [0.1, 0.15) is 26.3 Å². The van der Waals surface area contributed by atoms with E-state index in [1.807, 2.05) is 20.1 Å². The Kier molecular flexibility index (Phi) is 20.4. The van der Waals surface area contributed by atoms with Crippen LogP contribution in [0.4, 0.5) is 0 Å². The third kappa shape index (κ3) is 13.1. The Bertz CT molecular complexity index is 316. The molecule has 0 heterocycles. The van der Waals surface area contributed by atoms with Crippen molar-refractivity contribution >= 4 is 12.5 Å². The third-order valence-corrected chi connectivity index (χ3v) is 1.87. The number of aromatic hydroxyl groups is 1. The van der Waals surface area contributed by atoms with Crippen molar-refractivity contribution in [2.75, 3.05) is 7.05 Å². The Labute approximate surface area is 126 Å². The normalized spacial score (nSPS) is 9.47. The zero-order valence-corrected chi connectivity index (χ0v) is 13.0. The molecule has 0 amide bonds. The number of hydrogen-bond donors (Lipinski definition) is 2. The molecule has 0 spiro atoms. The third-order valence-electron chi connectivity index (χ3n) is 1.87. The zero-order chi connectivity index (χ0) is 14.4. The molecule has 0 saturated heterocycles. The average Bonchev–Trinajstić information content (AvgIpc) is 2.41. The Morgan fingerprint density at radius 2 is 1.79 bits per heavy atom. The van der Waals surface area contributed by atoms with Gasteiger partial charge in [-0.1, -0.05) is 38.9 Å². The first-order valence-corrected chi connectivity index (χ1v) is 5.92. The van der Waals surface area contributed by atoms with Crippen LogP contribution in [-0.2, 0) is 28.3 Å². The number of rotatable bonds is 4. The molecule has 1 radical (unpaired) electrons. The molecule has 1 rings (SSSR count). The van der Waals surface area contributed by atoms with Crippen LogP contribution in [0.5, 0.6) is 5.75 Å². The minimum absolute atomic E-state index is 0. The van der Waals surface area contributed by atoms with Gasteiger partial charge in [0.25, 0.3) is 0 Å². The summed E-state index contributed by atoms with van der Waals surface area (Å²) in [4.78, 5) is 10.4. The second kappa shape index (κ2) is 16.8. The fourth-order valence-corrected chi connectivity index (χ4v) is 1.07. The molecule has 0 bridgehead atoms. The van der Waals surface area contributed by atoms with E-state index in [0.717, 1.165) is 11.8 Å². The van der Waals surface area contributed by atoms with Crippen molar-refractivity contribution in [3.8, 4) is 5.75 Å². The first kappa shape index (κ1) is 23.0. The first-order chi connectivity index (χ1) is 8.67. The van der Waals surface area contributed by atoms with Gasteiger partial charge in [-0.3, -0.25) is 0 Å². The standard InChI is InChI=1S/C10H12NO2.C2H4N.C2H6.Mn/c1-11-9(7-12)6-8-2-4-10(13)5-3-8;1-2-3;1-2;/h2-5,9,11,13H,6H2,1H3;2H,1H3;1-2H3;/q2*-1;;+2. The monoisotopic (exact) mass is 305 g/mol. The van der Waals surface area contributed by atoms with Crippen molar-refractivity contribution < 1.29 is 27.0 Å². The molecule has 0 fully saturated rings. The molecule has 0 aliphatic rings. The van der Waals surface area contributed by atoms with E-state index >= 15 is 0 Å². The second-order valence-corrected chi connectivity index (χ2v) is 3.09. The molecule has 0 aromatic heterocycles. The van der Waals surface area contributed by atoms with Gasteiger partial charge in [0.05, 0.1) is 0 Å². The van der Waals surface area contributed by atoms with Gasteiger partial charge < -0.3 is 20.6 Å². The average molecular weight is 305 g/mol. The predicted octanol–water partition coefficient (Wildman–Crippen LogP) is 2.30. The number of phenolic OH excluding ortho intramolecular Hbond substituents is 1. The van der Waals surface area contributed by atoms with Crippen molar-refractivity contribution in [2.45, 2.75) is 33.2 Å². The number of benzene rings is 1. The van der Waals surface area contributed by atoms with Crippen molar-refractivity contribution in [1.82, 2.24) is 5.32 Å². The van der Waals surface area contributed by atoms with Crippen LogP contribution in [0.2, 0.25) is 0 Å². The maximum atomic E-state index is 10.4. The predicted molar refractivity (Wildman–Crippen MR) is 76.8 cm³/mol. The molecule has 2 N–H and O–H groups in total. The molecular weight excluding hydrogens is 283 g/mol. The molecule has 0 aliphatic carbocycles. The number of likely N-dealkylation sites (N-methyl/N-ethyl adjacent to an activating group) is 1. The van der Waals surface area contributed by atoms with Gasteiger partial charge in [-0.25, -0.2) is 12.5 Å². The van der Waals surface area contributed by atoms with Gasteiger partial charge in [0, 0.05) is 0 Å². The zero-order valence-electron chi connectivity index (χ0n) is 11.9. The minimum atomic E-state index is -0.274. The molecule has 4 nitrogen and oxygen atoms in total. The summed E-state index contributed by atoms with van der Waals surface area (Å²) in [5.74, 6) is 0.236. The molecule has 1 unspecified atom stereocenters. The van der Waals surface area contributed by atoms with Gasteiger partial charge in [0.1, 0.15) is 5.75 Å². The minimum Gasteiger partial charge on any atom is -0.814 e. The van der Waals surface area contributed by atoms with Crippen molar-refractivity contribution in [2.24, 2.45) is 0 Å². The van der Waals surface area contributed by atoms with Crippen LogP contribution in [0.15, 0.2) is 24.3 Å². The van der Waals surface area contributed by atoms with Crippen molar-refractivity contribution in [3.63, 3.8) is 0 Å². The summed E-state index contributed by atoms with van der Waals surface area (Å²) in [6, 6.07) is 6.51. The van der Waals surface area contributed by atoms with Crippen LogP contribution < -0.4 is 5.32 Å². The number of phenols is 1. The van der Waals surface area contributed by atoms with E-state index in [1.54, 1.807) is 38.2 Å². The quantitative estimate of drug-likeness (QED) is 0.509. The summed E-state index contributed by atoms with van der Waals surface area (Å²) >= 11 is 0. The van der Waals surface area contributed by atoms with E-state index in [9.17, 15) is 4.79 Å². The fourth-order valence-electron chi connectivity index (χ4n) is 1.07. The van der Waals surface area contributed by atoms with Crippen LogP contribution >= 0.6 is 0 Å². The van der Waals surface area contributed by atoms with Crippen LogP contribution in [-0.4, -0.2) is 30.7 Å². The van der Waals surface area contributed by atoms with E-state index < -0.39 is 0 Å². The van der Waals surface area contributed by atoms with E-state index in [2.05, 4.69) is 5.32 Å². The smallest absolute Gasteiger partial charge is 0.814 e. The Morgan fingerprint density at radius 1 is 1.37 bits per heavy atom. The summed E-state index contributed by atoms with van der Waals surface area (Å²) in [5.41, 5.74) is 1.00. The fraction of sp³-hybridized carbons (Fsp3) is 0.429. The summed E-state index contributed by atoms with van der Waals surface area (Å²) < 4.78 is 0. The Balaban J connectivity index is -0.000000376. The molecule has 0 aliphatic heterocycles. The number of nitrogens with zero attached hydrogens (tertiary/aromatic N) is 1.